The molecule has 0 saturated carbocycles. The largest absolute Gasteiger partial charge is 0.353 e. The summed E-state index contributed by atoms with van der Waals surface area (Å²) < 4.78 is 26.7. The second-order valence-corrected chi connectivity index (χ2v) is 7.08. The molecule has 118 valence electrons. The number of sulfonamides is 1. The maximum Gasteiger partial charge on any atom is 0.241 e. The van der Waals surface area contributed by atoms with Gasteiger partial charge in [0.15, 0.2) is 0 Å². The molecule has 1 aromatic carbocycles. The maximum absolute atomic E-state index is 12.2. The van der Waals surface area contributed by atoms with E-state index in [9.17, 15) is 13.2 Å². The summed E-state index contributed by atoms with van der Waals surface area (Å²) in [6, 6.07) is 5.24. The highest BCUT2D eigenvalue weighted by molar-refractivity contribution is 7.89. The van der Waals surface area contributed by atoms with Crippen LogP contribution in [0.4, 0.5) is 0 Å². The summed E-state index contributed by atoms with van der Waals surface area (Å²) in [6.07, 6.45) is 0. The molecule has 0 aliphatic carbocycles. The number of rotatable bonds is 6. The Labute approximate surface area is 126 Å². The maximum atomic E-state index is 12.2. The Morgan fingerprint density at radius 1 is 1.10 bits per heavy atom. The van der Waals surface area contributed by atoms with Crippen molar-refractivity contribution in [2.75, 3.05) is 0 Å². The standard InChI is InChI=1S/C14H23N3O3S/c1-9(2)16-14(18)11(4)17-21(19,20)13-7-5-12(6-8-13)10(3)15/h5-11,17H,15H2,1-4H3,(H,16,18). The average molecular weight is 313 g/mol. The fraction of sp³-hybridized carbons (Fsp3) is 0.500. The van der Waals surface area contributed by atoms with Gasteiger partial charge in [-0.1, -0.05) is 12.1 Å². The molecule has 1 amide bonds. The van der Waals surface area contributed by atoms with Crippen molar-refractivity contribution in [2.45, 2.75) is 50.7 Å². The van der Waals surface area contributed by atoms with Crippen LogP contribution in [0.2, 0.25) is 0 Å². The van der Waals surface area contributed by atoms with Crippen molar-refractivity contribution in [2.24, 2.45) is 5.73 Å². The minimum absolute atomic E-state index is 0.0465. The number of hydrogen-bond donors (Lipinski definition) is 3. The molecule has 7 heteroatoms. The van der Waals surface area contributed by atoms with Crippen molar-refractivity contribution in [3.05, 3.63) is 29.8 Å². The zero-order valence-electron chi connectivity index (χ0n) is 12.8. The molecule has 0 radical (unpaired) electrons. The molecule has 1 aromatic rings. The van der Waals surface area contributed by atoms with Gasteiger partial charge in [0.1, 0.15) is 0 Å². The van der Waals surface area contributed by atoms with Crippen molar-refractivity contribution in [3.63, 3.8) is 0 Å². The van der Waals surface area contributed by atoms with E-state index in [4.69, 9.17) is 5.73 Å². The van der Waals surface area contributed by atoms with Gasteiger partial charge in [-0.05, 0) is 45.4 Å². The first-order valence-electron chi connectivity index (χ1n) is 6.81. The number of amides is 1. The van der Waals surface area contributed by atoms with Gasteiger partial charge in [0.25, 0.3) is 0 Å². The summed E-state index contributed by atoms with van der Waals surface area (Å²) in [5.41, 5.74) is 6.57. The van der Waals surface area contributed by atoms with Gasteiger partial charge in [-0.25, -0.2) is 8.42 Å². The molecule has 2 unspecified atom stereocenters. The van der Waals surface area contributed by atoms with Crippen molar-refractivity contribution in [1.29, 1.82) is 0 Å². The van der Waals surface area contributed by atoms with Gasteiger partial charge in [-0.15, -0.1) is 0 Å². The van der Waals surface area contributed by atoms with Crippen molar-refractivity contribution < 1.29 is 13.2 Å². The van der Waals surface area contributed by atoms with Gasteiger partial charge in [-0.3, -0.25) is 4.79 Å². The van der Waals surface area contributed by atoms with E-state index in [1.54, 1.807) is 12.1 Å². The molecule has 0 aromatic heterocycles. The SMILES string of the molecule is CC(C)NC(=O)C(C)NS(=O)(=O)c1ccc(C(C)N)cc1. The summed E-state index contributed by atoms with van der Waals surface area (Å²) in [7, 11) is -3.73. The van der Waals surface area contributed by atoms with E-state index in [0.717, 1.165) is 5.56 Å². The summed E-state index contributed by atoms with van der Waals surface area (Å²) in [5, 5.41) is 2.66. The third-order valence-corrected chi connectivity index (χ3v) is 4.43. The molecule has 0 aliphatic rings. The fourth-order valence-corrected chi connectivity index (χ4v) is 2.92. The minimum Gasteiger partial charge on any atom is -0.353 e. The number of hydrogen-bond acceptors (Lipinski definition) is 4. The molecule has 6 nitrogen and oxygen atoms in total. The topological polar surface area (TPSA) is 101 Å². The summed E-state index contributed by atoms with van der Waals surface area (Å²) in [5.74, 6) is -0.360. The Hall–Kier alpha value is -1.44. The molecule has 0 heterocycles. The smallest absolute Gasteiger partial charge is 0.241 e. The first-order chi connectivity index (χ1) is 9.63. The molecule has 1 rings (SSSR count). The molecule has 4 N–H and O–H groups in total. The van der Waals surface area contributed by atoms with Gasteiger partial charge < -0.3 is 11.1 Å². The zero-order chi connectivity index (χ0) is 16.2. The number of benzene rings is 1. The van der Waals surface area contributed by atoms with Crippen LogP contribution in [0.3, 0.4) is 0 Å². The van der Waals surface area contributed by atoms with Crippen LogP contribution in [0.25, 0.3) is 0 Å². The number of nitrogens with two attached hydrogens (primary N) is 1. The molecule has 2 atom stereocenters. The normalized spacial score (nSPS) is 14.8. The van der Waals surface area contributed by atoms with Crippen LogP contribution in [-0.2, 0) is 14.8 Å². The highest BCUT2D eigenvalue weighted by Crippen LogP contribution is 2.14. The van der Waals surface area contributed by atoms with E-state index in [-0.39, 0.29) is 22.9 Å². The first-order valence-corrected chi connectivity index (χ1v) is 8.30. The van der Waals surface area contributed by atoms with Crippen LogP contribution in [0, 0.1) is 0 Å². The van der Waals surface area contributed by atoms with Crippen LogP contribution in [0.15, 0.2) is 29.2 Å². The lowest BCUT2D eigenvalue weighted by Gasteiger charge is -2.16. The summed E-state index contributed by atoms with van der Waals surface area (Å²) in [4.78, 5) is 11.9. The molecular weight excluding hydrogens is 290 g/mol. The molecule has 0 bridgehead atoms. The summed E-state index contributed by atoms with van der Waals surface area (Å²) >= 11 is 0. The second-order valence-electron chi connectivity index (χ2n) is 5.36. The van der Waals surface area contributed by atoms with Gasteiger partial charge in [0.2, 0.25) is 15.9 Å². The molecular formula is C14H23N3O3S. The number of carbonyl (C=O) groups excluding carboxylic acids is 1. The van der Waals surface area contributed by atoms with Gasteiger partial charge >= 0.3 is 0 Å². The lowest BCUT2D eigenvalue weighted by Crippen LogP contribution is -2.46. The minimum atomic E-state index is -3.73. The van der Waals surface area contributed by atoms with E-state index < -0.39 is 16.1 Å². The van der Waals surface area contributed by atoms with E-state index in [0.29, 0.717) is 0 Å². The zero-order valence-corrected chi connectivity index (χ0v) is 13.6. The molecule has 0 spiro atoms. The monoisotopic (exact) mass is 313 g/mol. The van der Waals surface area contributed by atoms with Gasteiger partial charge in [-0.2, -0.15) is 4.72 Å². The van der Waals surface area contributed by atoms with E-state index in [1.807, 2.05) is 20.8 Å². The Balaban J connectivity index is 2.84. The van der Waals surface area contributed by atoms with Crippen LogP contribution in [-0.4, -0.2) is 26.4 Å². The Morgan fingerprint density at radius 2 is 1.62 bits per heavy atom. The first kappa shape index (κ1) is 17.6. The Morgan fingerprint density at radius 3 is 2.05 bits per heavy atom. The van der Waals surface area contributed by atoms with Crippen LogP contribution >= 0.6 is 0 Å². The fourth-order valence-electron chi connectivity index (χ4n) is 1.71. The second kappa shape index (κ2) is 7.02. The van der Waals surface area contributed by atoms with E-state index >= 15 is 0 Å². The predicted molar refractivity (Wildman–Crippen MR) is 82.1 cm³/mol. The highest BCUT2D eigenvalue weighted by Gasteiger charge is 2.22. The van der Waals surface area contributed by atoms with Crippen molar-refractivity contribution >= 4 is 15.9 Å². The van der Waals surface area contributed by atoms with Gasteiger partial charge in [0.05, 0.1) is 10.9 Å². The van der Waals surface area contributed by atoms with Crippen LogP contribution < -0.4 is 15.8 Å². The van der Waals surface area contributed by atoms with Crippen LogP contribution in [0.1, 0.15) is 39.3 Å². The lowest BCUT2D eigenvalue weighted by atomic mass is 10.1. The van der Waals surface area contributed by atoms with Crippen molar-refractivity contribution in [3.8, 4) is 0 Å². The third kappa shape index (κ3) is 5.11. The molecule has 0 aliphatic heterocycles. The Bertz CT molecular complexity index is 580. The third-order valence-electron chi connectivity index (χ3n) is 2.87. The molecule has 0 saturated heterocycles. The quantitative estimate of drug-likeness (QED) is 0.726. The van der Waals surface area contributed by atoms with Gasteiger partial charge in [0, 0.05) is 12.1 Å². The van der Waals surface area contributed by atoms with Crippen LogP contribution in [0.5, 0.6) is 0 Å². The number of nitrogens with one attached hydrogen (secondary N) is 2. The molecule has 21 heavy (non-hydrogen) atoms. The van der Waals surface area contributed by atoms with Crippen molar-refractivity contribution in [1.82, 2.24) is 10.0 Å². The highest BCUT2D eigenvalue weighted by atomic mass is 32.2. The average Bonchev–Trinajstić information content (AvgIpc) is 2.37. The Kier molecular flexibility index (Phi) is 5.88. The predicted octanol–water partition coefficient (Wildman–Crippen LogP) is 0.898. The summed E-state index contributed by atoms with van der Waals surface area (Å²) in [6.45, 7) is 6.95. The van der Waals surface area contributed by atoms with E-state index in [2.05, 4.69) is 10.0 Å². The number of carbonyl (C=O) groups is 1. The molecule has 0 fully saturated rings. The van der Waals surface area contributed by atoms with E-state index in [1.165, 1.54) is 19.1 Å². The lowest BCUT2D eigenvalue weighted by molar-refractivity contribution is -0.122.